The van der Waals surface area contributed by atoms with Gasteiger partial charge in [0, 0.05) is 0 Å². The topological polar surface area (TPSA) is 188 Å². The number of hydrogen-bond acceptors (Lipinski definition) is 6. The van der Waals surface area contributed by atoms with Crippen molar-refractivity contribution in [3.8, 4) is 0 Å². The summed E-state index contributed by atoms with van der Waals surface area (Å²) < 4.78 is 0. The molecule has 0 aliphatic rings. The van der Waals surface area contributed by atoms with Crippen LogP contribution in [-0.4, -0.2) is 64.0 Å². The average molecular weight is 473 g/mol. The predicted molar refractivity (Wildman–Crippen MR) is 122 cm³/mol. The van der Waals surface area contributed by atoms with E-state index in [0.717, 1.165) is 0 Å². The van der Waals surface area contributed by atoms with Gasteiger partial charge in [-0.15, -0.1) is 0 Å². The van der Waals surface area contributed by atoms with Crippen LogP contribution in [-0.2, 0) is 24.0 Å². The van der Waals surface area contributed by atoms with Crippen LogP contribution >= 0.6 is 0 Å². The third kappa shape index (κ3) is 11.7. The van der Waals surface area contributed by atoms with Crippen LogP contribution in [0, 0.1) is 17.8 Å². The number of carbonyl (C=O) groups excluding carboxylic acids is 3. The molecular formula is C22H40N4O7. The second kappa shape index (κ2) is 14.5. The molecule has 0 saturated heterocycles. The van der Waals surface area contributed by atoms with Gasteiger partial charge in [0.15, 0.2) is 0 Å². The fourth-order valence-corrected chi connectivity index (χ4v) is 3.17. The maximum atomic E-state index is 13.0. The molecule has 3 amide bonds. The summed E-state index contributed by atoms with van der Waals surface area (Å²) in [5.74, 6) is -4.74. The molecule has 5 unspecified atom stereocenters. The number of carboxylic acids is 2. The molecule has 11 heteroatoms. The maximum Gasteiger partial charge on any atom is 0.326 e. The highest BCUT2D eigenvalue weighted by Crippen LogP contribution is 2.12. The third-order valence-corrected chi connectivity index (χ3v) is 5.19. The van der Waals surface area contributed by atoms with Gasteiger partial charge in [0.1, 0.15) is 18.1 Å². The molecule has 0 bridgehead atoms. The fraction of sp³-hybridized carbons (Fsp3) is 0.773. The lowest BCUT2D eigenvalue weighted by molar-refractivity contribution is -0.143. The molecule has 0 aliphatic carbocycles. The smallest absolute Gasteiger partial charge is 0.326 e. The van der Waals surface area contributed by atoms with Crippen LogP contribution in [0.5, 0.6) is 0 Å². The van der Waals surface area contributed by atoms with Crippen molar-refractivity contribution in [2.75, 3.05) is 0 Å². The van der Waals surface area contributed by atoms with E-state index >= 15 is 0 Å². The van der Waals surface area contributed by atoms with Crippen molar-refractivity contribution in [3.63, 3.8) is 0 Å². The number of carbonyl (C=O) groups is 5. The Balaban J connectivity index is 5.57. The minimum atomic E-state index is -1.33. The Morgan fingerprint density at radius 1 is 0.758 bits per heavy atom. The van der Waals surface area contributed by atoms with Gasteiger partial charge in [0.05, 0.1) is 12.5 Å². The number of carboxylic acid groups (broad SMARTS) is 2. The normalized spacial score (nSPS) is 15.8. The lowest BCUT2D eigenvalue weighted by atomic mass is 9.96. The van der Waals surface area contributed by atoms with E-state index in [1.54, 1.807) is 6.92 Å². The summed E-state index contributed by atoms with van der Waals surface area (Å²) in [6, 6.07) is -4.48. The highest BCUT2D eigenvalue weighted by molar-refractivity contribution is 5.94. The van der Waals surface area contributed by atoms with Crippen molar-refractivity contribution in [2.24, 2.45) is 23.5 Å². The molecule has 190 valence electrons. The highest BCUT2D eigenvalue weighted by Gasteiger charge is 2.33. The predicted octanol–water partition coefficient (Wildman–Crippen LogP) is 0.466. The number of aliphatic carboxylic acids is 2. The summed E-state index contributed by atoms with van der Waals surface area (Å²) in [7, 11) is 0. The molecule has 0 aromatic heterocycles. The Kier molecular flexibility index (Phi) is 13.3. The van der Waals surface area contributed by atoms with Crippen LogP contribution < -0.4 is 21.7 Å². The van der Waals surface area contributed by atoms with E-state index in [0.29, 0.717) is 6.42 Å². The molecule has 0 heterocycles. The van der Waals surface area contributed by atoms with E-state index < -0.39 is 60.2 Å². The first kappa shape index (κ1) is 30.3. The van der Waals surface area contributed by atoms with Crippen molar-refractivity contribution in [1.29, 1.82) is 0 Å². The lowest BCUT2D eigenvalue weighted by Crippen LogP contribution is -2.59. The SMILES string of the molecule is CCC(C)C(NC(=O)C(N)CC(=O)O)C(=O)NC(CC(C)C)C(=O)NC(CC(C)C)C(=O)O. The second-order valence-corrected chi connectivity index (χ2v) is 9.30. The zero-order chi connectivity index (χ0) is 25.9. The monoisotopic (exact) mass is 472 g/mol. The molecular weight excluding hydrogens is 432 g/mol. The molecule has 33 heavy (non-hydrogen) atoms. The first-order valence-corrected chi connectivity index (χ1v) is 11.3. The Labute approximate surface area is 195 Å². The second-order valence-electron chi connectivity index (χ2n) is 9.30. The Morgan fingerprint density at radius 2 is 1.24 bits per heavy atom. The van der Waals surface area contributed by atoms with Gasteiger partial charge in [-0.25, -0.2) is 4.79 Å². The lowest BCUT2D eigenvalue weighted by Gasteiger charge is -2.28. The van der Waals surface area contributed by atoms with E-state index in [1.165, 1.54) is 0 Å². The minimum absolute atomic E-state index is 0.00931. The minimum Gasteiger partial charge on any atom is -0.481 e. The van der Waals surface area contributed by atoms with Crippen molar-refractivity contribution >= 4 is 29.7 Å². The Hall–Kier alpha value is -2.69. The summed E-state index contributed by atoms with van der Waals surface area (Å²) in [4.78, 5) is 60.6. The number of nitrogens with two attached hydrogens (primary N) is 1. The highest BCUT2D eigenvalue weighted by atomic mass is 16.4. The van der Waals surface area contributed by atoms with Gasteiger partial charge >= 0.3 is 11.9 Å². The maximum absolute atomic E-state index is 13.0. The van der Waals surface area contributed by atoms with E-state index in [1.807, 2.05) is 34.6 Å². The quantitative estimate of drug-likeness (QED) is 0.198. The van der Waals surface area contributed by atoms with E-state index in [4.69, 9.17) is 10.8 Å². The van der Waals surface area contributed by atoms with Gasteiger partial charge in [-0.2, -0.15) is 0 Å². The summed E-state index contributed by atoms with van der Waals surface area (Å²) in [5.41, 5.74) is 5.60. The van der Waals surface area contributed by atoms with Crippen LogP contribution in [0.25, 0.3) is 0 Å². The Bertz CT molecular complexity index is 696. The van der Waals surface area contributed by atoms with Gasteiger partial charge in [0.2, 0.25) is 17.7 Å². The zero-order valence-corrected chi connectivity index (χ0v) is 20.4. The molecule has 0 rings (SSSR count). The number of nitrogens with one attached hydrogen (secondary N) is 3. The van der Waals surface area contributed by atoms with Crippen molar-refractivity contribution in [1.82, 2.24) is 16.0 Å². The molecule has 11 nitrogen and oxygen atoms in total. The van der Waals surface area contributed by atoms with Crippen molar-refractivity contribution in [3.05, 3.63) is 0 Å². The first-order valence-electron chi connectivity index (χ1n) is 11.3. The van der Waals surface area contributed by atoms with Crippen molar-refractivity contribution < 1.29 is 34.2 Å². The molecule has 0 fully saturated rings. The van der Waals surface area contributed by atoms with Crippen LogP contribution in [0.2, 0.25) is 0 Å². The van der Waals surface area contributed by atoms with Crippen molar-refractivity contribution in [2.45, 2.75) is 91.4 Å². The van der Waals surface area contributed by atoms with Gasteiger partial charge in [-0.3, -0.25) is 19.2 Å². The standard InChI is InChI=1S/C22H40N4O7/c1-7-13(6)18(26-19(29)14(23)10-17(27)28)21(31)24-15(8-11(2)3)20(30)25-16(22(32)33)9-12(4)5/h11-16,18H,7-10,23H2,1-6H3,(H,24,31)(H,25,30)(H,26,29)(H,27,28)(H,32,33). The average Bonchev–Trinajstić information content (AvgIpc) is 2.68. The molecule has 0 radical (unpaired) electrons. The van der Waals surface area contributed by atoms with Crippen LogP contribution in [0.4, 0.5) is 0 Å². The number of rotatable bonds is 15. The molecule has 5 atom stereocenters. The molecule has 0 aromatic carbocycles. The summed E-state index contributed by atoms with van der Waals surface area (Å²) >= 11 is 0. The molecule has 0 saturated carbocycles. The van der Waals surface area contributed by atoms with E-state index in [2.05, 4.69) is 16.0 Å². The van der Waals surface area contributed by atoms with Crippen LogP contribution in [0.1, 0.15) is 67.2 Å². The Morgan fingerprint density at radius 3 is 1.67 bits per heavy atom. The van der Waals surface area contributed by atoms with E-state index in [-0.39, 0.29) is 30.6 Å². The first-order chi connectivity index (χ1) is 15.2. The third-order valence-electron chi connectivity index (χ3n) is 5.19. The summed E-state index contributed by atoms with van der Waals surface area (Å²) in [5, 5.41) is 25.9. The van der Waals surface area contributed by atoms with Gasteiger partial charge in [-0.05, 0) is 30.6 Å². The van der Waals surface area contributed by atoms with Crippen LogP contribution in [0.15, 0.2) is 0 Å². The van der Waals surface area contributed by atoms with E-state index in [9.17, 15) is 29.1 Å². The molecule has 0 aliphatic heterocycles. The van der Waals surface area contributed by atoms with Gasteiger partial charge in [-0.1, -0.05) is 48.0 Å². The number of amides is 3. The summed E-state index contributed by atoms with van der Waals surface area (Å²) in [6.07, 6.45) is 0.413. The number of hydrogen-bond donors (Lipinski definition) is 6. The molecule has 7 N–H and O–H groups in total. The molecule has 0 aromatic rings. The van der Waals surface area contributed by atoms with Gasteiger partial charge < -0.3 is 31.9 Å². The zero-order valence-electron chi connectivity index (χ0n) is 20.4. The molecule has 0 spiro atoms. The summed E-state index contributed by atoms with van der Waals surface area (Å²) in [6.45, 7) is 10.9. The largest absolute Gasteiger partial charge is 0.481 e. The van der Waals surface area contributed by atoms with Gasteiger partial charge in [0.25, 0.3) is 0 Å². The fourth-order valence-electron chi connectivity index (χ4n) is 3.17. The van der Waals surface area contributed by atoms with Crippen LogP contribution in [0.3, 0.4) is 0 Å².